The number of nitrogens with two attached hydrogens (primary N) is 2. The van der Waals surface area contributed by atoms with Crippen molar-refractivity contribution in [2.45, 2.75) is 12.8 Å². The number of rotatable bonds is 1. The first-order chi connectivity index (χ1) is 5.79. The fourth-order valence-electron chi connectivity index (χ4n) is 1.66. The van der Waals surface area contributed by atoms with Gasteiger partial charge in [-0.3, -0.25) is 0 Å². The molecule has 0 radical (unpaired) electrons. The minimum atomic E-state index is 0.622. The molecule has 2 rings (SSSR count). The summed E-state index contributed by atoms with van der Waals surface area (Å²) < 4.78 is 1.55. The van der Waals surface area contributed by atoms with Crippen molar-refractivity contribution in [2.75, 3.05) is 29.6 Å². The standard InChI is InChI=1S/C8H14N4/c9-7-3-4-8(12(7)10)11-5-1-2-6-11/h3-4H,1-2,5-6,9-10H2. The van der Waals surface area contributed by atoms with Gasteiger partial charge in [0, 0.05) is 13.1 Å². The van der Waals surface area contributed by atoms with Crippen LogP contribution in [-0.4, -0.2) is 17.8 Å². The molecule has 4 N–H and O–H groups in total. The molecular formula is C8H14N4. The highest BCUT2D eigenvalue weighted by Crippen LogP contribution is 2.21. The second kappa shape index (κ2) is 2.62. The number of nitrogen functional groups attached to an aromatic ring is 2. The van der Waals surface area contributed by atoms with E-state index in [1.54, 1.807) is 4.68 Å². The Kier molecular flexibility index (Phi) is 1.60. The monoisotopic (exact) mass is 166 g/mol. The Morgan fingerprint density at radius 2 is 1.83 bits per heavy atom. The number of anilines is 2. The van der Waals surface area contributed by atoms with Crippen LogP contribution in [0.25, 0.3) is 0 Å². The lowest BCUT2D eigenvalue weighted by Gasteiger charge is -2.17. The van der Waals surface area contributed by atoms with Crippen LogP contribution in [0.4, 0.5) is 11.6 Å². The topological polar surface area (TPSA) is 60.2 Å². The predicted molar refractivity (Wildman–Crippen MR) is 50.4 cm³/mol. The third-order valence-electron chi connectivity index (χ3n) is 2.36. The van der Waals surface area contributed by atoms with E-state index in [0.29, 0.717) is 5.82 Å². The van der Waals surface area contributed by atoms with Crippen molar-refractivity contribution in [3.05, 3.63) is 12.1 Å². The number of aromatic nitrogens is 1. The molecule has 1 aliphatic rings. The van der Waals surface area contributed by atoms with Crippen molar-refractivity contribution < 1.29 is 0 Å². The molecule has 12 heavy (non-hydrogen) atoms. The minimum absolute atomic E-state index is 0.622. The van der Waals surface area contributed by atoms with Crippen LogP contribution in [0, 0.1) is 0 Å². The van der Waals surface area contributed by atoms with E-state index < -0.39 is 0 Å². The Hall–Kier alpha value is -1.32. The van der Waals surface area contributed by atoms with Crippen molar-refractivity contribution in [3.63, 3.8) is 0 Å². The highest BCUT2D eigenvalue weighted by molar-refractivity contribution is 5.51. The van der Waals surface area contributed by atoms with Crippen molar-refractivity contribution in [1.82, 2.24) is 4.68 Å². The van der Waals surface area contributed by atoms with Gasteiger partial charge < -0.3 is 16.5 Å². The smallest absolute Gasteiger partial charge is 0.129 e. The molecule has 1 saturated heterocycles. The fourth-order valence-corrected chi connectivity index (χ4v) is 1.66. The van der Waals surface area contributed by atoms with Crippen molar-refractivity contribution in [1.29, 1.82) is 0 Å². The molecule has 1 aromatic heterocycles. The highest BCUT2D eigenvalue weighted by atomic mass is 15.4. The van der Waals surface area contributed by atoms with E-state index in [0.717, 1.165) is 18.9 Å². The first kappa shape index (κ1) is 7.34. The van der Waals surface area contributed by atoms with Crippen LogP contribution in [0.15, 0.2) is 12.1 Å². The zero-order valence-corrected chi connectivity index (χ0v) is 7.03. The van der Waals surface area contributed by atoms with Crippen LogP contribution in [-0.2, 0) is 0 Å². The lowest BCUT2D eigenvalue weighted by molar-refractivity contribution is 0.886. The van der Waals surface area contributed by atoms with Gasteiger partial charge >= 0.3 is 0 Å². The van der Waals surface area contributed by atoms with Crippen LogP contribution >= 0.6 is 0 Å². The quantitative estimate of drug-likeness (QED) is 0.593. The van der Waals surface area contributed by atoms with Gasteiger partial charge in [-0.25, -0.2) is 4.68 Å². The Balaban J connectivity index is 2.26. The Labute approximate surface area is 71.7 Å². The van der Waals surface area contributed by atoms with Crippen LogP contribution < -0.4 is 16.5 Å². The van der Waals surface area contributed by atoms with E-state index in [4.69, 9.17) is 11.6 Å². The second-order valence-corrected chi connectivity index (χ2v) is 3.18. The summed E-state index contributed by atoms with van der Waals surface area (Å²) in [4.78, 5) is 2.26. The Morgan fingerprint density at radius 1 is 1.17 bits per heavy atom. The summed E-state index contributed by atoms with van der Waals surface area (Å²) in [6, 6.07) is 3.81. The van der Waals surface area contributed by atoms with Gasteiger partial charge in [0.2, 0.25) is 0 Å². The maximum Gasteiger partial charge on any atom is 0.129 e. The van der Waals surface area contributed by atoms with Gasteiger partial charge in [0.1, 0.15) is 11.6 Å². The zero-order chi connectivity index (χ0) is 8.55. The van der Waals surface area contributed by atoms with Crippen LogP contribution in [0.2, 0.25) is 0 Å². The molecule has 0 aromatic carbocycles. The normalized spacial score (nSPS) is 17.2. The van der Waals surface area contributed by atoms with Gasteiger partial charge in [0.05, 0.1) is 0 Å². The van der Waals surface area contributed by atoms with Crippen LogP contribution in [0.5, 0.6) is 0 Å². The molecule has 4 nitrogen and oxygen atoms in total. The lowest BCUT2D eigenvalue weighted by Crippen LogP contribution is -2.24. The molecule has 0 spiro atoms. The van der Waals surface area contributed by atoms with E-state index in [2.05, 4.69) is 4.90 Å². The molecule has 1 aromatic rings. The molecule has 4 heteroatoms. The molecule has 66 valence electrons. The molecular weight excluding hydrogens is 152 g/mol. The van der Waals surface area contributed by atoms with Gasteiger partial charge in [-0.2, -0.15) is 0 Å². The molecule has 0 unspecified atom stereocenters. The summed E-state index contributed by atoms with van der Waals surface area (Å²) in [5.74, 6) is 7.39. The highest BCUT2D eigenvalue weighted by Gasteiger charge is 2.15. The summed E-state index contributed by atoms with van der Waals surface area (Å²) in [5.41, 5.74) is 5.62. The first-order valence-corrected chi connectivity index (χ1v) is 4.26. The van der Waals surface area contributed by atoms with Crippen molar-refractivity contribution in [2.24, 2.45) is 0 Å². The van der Waals surface area contributed by atoms with E-state index in [-0.39, 0.29) is 0 Å². The third-order valence-corrected chi connectivity index (χ3v) is 2.36. The average Bonchev–Trinajstić information content (AvgIpc) is 2.64. The summed E-state index contributed by atoms with van der Waals surface area (Å²) in [6.07, 6.45) is 2.51. The zero-order valence-electron chi connectivity index (χ0n) is 7.03. The van der Waals surface area contributed by atoms with Crippen LogP contribution in [0.1, 0.15) is 12.8 Å². The van der Waals surface area contributed by atoms with Gasteiger partial charge in [-0.05, 0) is 25.0 Å². The van der Waals surface area contributed by atoms with Crippen LogP contribution in [0.3, 0.4) is 0 Å². The van der Waals surface area contributed by atoms with E-state index in [1.807, 2.05) is 12.1 Å². The van der Waals surface area contributed by atoms with Crippen molar-refractivity contribution >= 4 is 11.6 Å². The van der Waals surface area contributed by atoms with Crippen molar-refractivity contribution in [3.8, 4) is 0 Å². The maximum atomic E-state index is 5.73. The SMILES string of the molecule is Nc1ccc(N2CCCC2)n1N. The Bertz CT molecular complexity index is 273. The van der Waals surface area contributed by atoms with Gasteiger partial charge in [0.25, 0.3) is 0 Å². The summed E-state index contributed by atoms with van der Waals surface area (Å²) >= 11 is 0. The maximum absolute atomic E-state index is 5.73. The summed E-state index contributed by atoms with van der Waals surface area (Å²) in [7, 11) is 0. The van der Waals surface area contributed by atoms with Gasteiger partial charge in [-0.1, -0.05) is 0 Å². The molecule has 1 aliphatic heterocycles. The molecule has 0 atom stereocenters. The fraction of sp³-hybridized carbons (Fsp3) is 0.500. The lowest BCUT2D eigenvalue weighted by atomic mass is 10.4. The molecule has 0 amide bonds. The van der Waals surface area contributed by atoms with Gasteiger partial charge in [0.15, 0.2) is 0 Å². The number of hydrogen-bond donors (Lipinski definition) is 2. The third kappa shape index (κ3) is 0.995. The molecule has 1 fully saturated rings. The molecule has 0 bridgehead atoms. The van der Waals surface area contributed by atoms with E-state index in [9.17, 15) is 0 Å². The van der Waals surface area contributed by atoms with E-state index in [1.165, 1.54) is 12.8 Å². The summed E-state index contributed by atoms with van der Waals surface area (Å²) in [6.45, 7) is 2.20. The second-order valence-electron chi connectivity index (χ2n) is 3.18. The predicted octanol–water partition coefficient (Wildman–Crippen LogP) is 0.384. The number of nitrogens with zero attached hydrogens (tertiary/aromatic N) is 2. The summed E-state index contributed by atoms with van der Waals surface area (Å²) in [5, 5.41) is 0. The first-order valence-electron chi connectivity index (χ1n) is 4.26. The molecule has 2 heterocycles. The average molecular weight is 166 g/mol. The molecule has 0 saturated carbocycles. The number of hydrogen-bond acceptors (Lipinski definition) is 3. The Morgan fingerprint density at radius 3 is 2.33 bits per heavy atom. The van der Waals surface area contributed by atoms with E-state index >= 15 is 0 Å². The largest absolute Gasteiger partial charge is 0.384 e. The molecule has 0 aliphatic carbocycles. The minimum Gasteiger partial charge on any atom is -0.384 e. The van der Waals surface area contributed by atoms with Gasteiger partial charge in [-0.15, -0.1) is 0 Å².